The van der Waals surface area contributed by atoms with E-state index in [1.807, 2.05) is 0 Å². The number of aliphatic hydroxyl groups excluding tert-OH is 1. The Morgan fingerprint density at radius 2 is 1.69 bits per heavy atom. The summed E-state index contributed by atoms with van der Waals surface area (Å²) in [7, 11) is 0. The van der Waals surface area contributed by atoms with Gasteiger partial charge in [-0.3, -0.25) is 4.90 Å². The van der Waals surface area contributed by atoms with E-state index < -0.39 is 0 Å². The average molecular weight is 227 g/mol. The number of hydrogen-bond donors (Lipinski definition) is 1. The number of rotatable bonds is 3. The molecule has 0 spiro atoms. The SMILES string of the molecule is CC1CCCC(C)N1C[C@@H]1CC[C@H](CO)O1. The van der Waals surface area contributed by atoms with E-state index in [1.54, 1.807) is 0 Å². The highest BCUT2D eigenvalue weighted by molar-refractivity contribution is 4.84. The van der Waals surface area contributed by atoms with Gasteiger partial charge in [0, 0.05) is 18.6 Å². The number of likely N-dealkylation sites (tertiary alicyclic amines) is 1. The Morgan fingerprint density at radius 1 is 1.06 bits per heavy atom. The molecule has 2 aliphatic rings. The Labute approximate surface area is 98.8 Å². The second-order valence-electron chi connectivity index (χ2n) is 5.47. The Kier molecular flexibility index (Phi) is 4.22. The summed E-state index contributed by atoms with van der Waals surface area (Å²) in [5, 5.41) is 9.06. The standard InChI is InChI=1S/C13H25NO2/c1-10-4-3-5-11(2)14(10)8-12-6-7-13(9-15)16-12/h10-13,15H,3-9H2,1-2H3/t10?,11?,12-,13+/m0/s1. The van der Waals surface area contributed by atoms with Crippen molar-refractivity contribution in [2.45, 2.75) is 70.2 Å². The lowest BCUT2D eigenvalue weighted by atomic mass is 9.97. The third kappa shape index (κ3) is 2.76. The molecule has 0 aromatic heterocycles. The number of aliphatic hydroxyl groups is 1. The molecular formula is C13H25NO2. The molecule has 0 aromatic carbocycles. The highest BCUT2D eigenvalue weighted by Gasteiger charge is 2.31. The zero-order valence-electron chi connectivity index (χ0n) is 10.6. The van der Waals surface area contributed by atoms with Crippen molar-refractivity contribution in [3.05, 3.63) is 0 Å². The molecule has 1 N–H and O–H groups in total. The van der Waals surface area contributed by atoms with Crippen molar-refractivity contribution in [3.63, 3.8) is 0 Å². The van der Waals surface area contributed by atoms with Gasteiger partial charge in [0.2, 0.25) is 0 Å². The lowest BCUT2D eigenvalue weighted by Gasteiger charge is -2.40. The van der Waals surface area contributed by atoms with Crippen LogP contribution in [0.25, 0.3) is 0 Å². The van der Waals surface area contributed by atoms with Gasteiger partial charge in [0.05, 0.1) is 18.8 Å². The first-order valence-electron chi connectivity index (χ1n) is 6.72. The molecule has 0 saturated carbocycles. The predicted octanol–water partition coefficient (Wildman–Crippen LogP) is 1.79. The van der Waals surface area contributed by atoms with E-state index in [-0.39, 0.29) is 12.7 Å². The van der Waals surface area contributed by atoms with Crippen molar-refractivity contribution < 1.29 is 9.84 Å². The molecule has 2 fully saturated rings. The van der Waals surface area contributed by atoms with Gasteiger partial charge in [-0.25, -0.2) is 0 Å². The summed E-state index contributed by atoms with van der Waals surface area (Å²) < 4.78 is 5.82. The summed E-state index contributed by atoms with van der Waals surface area (Å²) in [5.41, 5.74) is 0. The summed E-state index contributed by atoms with van der Waals surface area (Å²) in [5.74, 6) is 0. The fourth-order valence-electron chi connectivity index (χ4n) is 3.12. The summed E-state index contributed by atoms with van der Waals surface area (Å²) in [6.45, 7) is 5.89. The minimum absolute atomic E-state index is 0.0976. The molecule has 16 heavy (non-hydrogen) atoms. The summed E-state index contributed by atoms with van der Waals surface area (Å²) in [6.07, 6.45) is 6.59. The smallest absolute Gasteiger partial charge is 0.0811 e. The van der Waals surface area contributed by atoms with Crippen LogP contribution in [-0.2, 0) is 4.74 Å². The Morgan fingerprint density at radius 3 is 2.25 bits per heavy atom. The molecule has 3 nitrogen and oxygen atoms in total. The Balaban J connectivity index is 1.83. The molecular weight excluding hydrogens is 202 g/mol. The minimum atomic E-state index is 0.0976. The second-order valence-corrected chi connectivity index (χ2v) is 5.47. The maximum Gasteiger partial charge on any atom is 0.0811 e. The molecule has 94 valence electrons. The number of hydrogen-bond acceptors (Lipinski definition) is 3. The van der Waals surface area contributed by atoms with Crippen LogP contribution >= 0.6 is 0 Å². The molecule has 0 aromatic rings. The van der Waals surface area contributed by atoms with Gasteiger partial charge < -0.3 is 9.84 Å². The molecule has 2 unspecified atom stereocenters. The molecule has 2 saturated heterocycles. The van der Waals surface area contributed by atoms with Crippen LogP contribution in [0, 0.1) is 0 Å². The van der Waals surface area contributed by atoms with Crippen LogP contribution in [0.3, 0.4) is 0 Å². The first-order valence-corrected chi connectivity index (χ1v) is 6.72. The Bertz CT molecular complexity index is 212. The van der Waals surface area contributed by atoms with E-state index in [2.05, 4.69) is 18.7 Å². The fraction of sp³-hybridized carbons (Fsp3) is 1.00. The van der Waals surface area contributed by atoms with Gasteiger partial charge in [0.15, 0.2) is 0 Å². The molecule has 0 aliphatic carbocycles. The lowest BCUT2D eigenvalue weighted by Crippen LogP contribution is -2.47. The van der Waals surface area contributed by atoms with E-state index >= 15 is 0 Å². The lowest BCUT2D eigenvalue weighted by molar-refractivity contribution is -0.0222. The number of nitrogens with zero attached hydrogens (tertiary/aromatic N) is 1. The van der Waals surface area contributed by atoms with Crippen LogP contribution in [0.1, 0.15) is 46.0 Å². The Hall–Kier alpha value is -0.120. The molecule has 4 atom stereocenters. The summed E-state index contributed by atoms with van der Waals surface area (Å²) >= 11 is 0. The van der Waals surface area contributed by atoms with Crippen molar-refractivity contribution in [2.75, 3.05) is 13.2 Å². The van der Waals surface area contributed by atoms with E-state index in [4.69, 9.17) is 9.84 Å². The number of ether oxygens (including phenoxy) is 1. The molecule has 0 amide bonds. The molecule has 0 bridgehead atoms. The van der Waals surface area contributed by atoms with Gasteiger partial charge in [-0.15, -0.1) is 0 Å². The largest absolute Gasteiger partial charge is 0.394 e. The molecule has 2 aliphatic heterocycles. The monoisotopic (exact) mass is 227 g/mol. The normalized spacial score (nSPS) is 41.4. The van der Waals surface area contributed by atoms with Crippen molar-refractivity contribution >= 4 is 0 Å². The zero-order chi connectivity index (χ0) is 11.5. The average Bonchev–Trinajstić information content (AvgIpc) is 2.71. The molecule has 2 heterocycles. The van der Waals surface area contributed by atoms with Gasteiger partial charge in [0.25, 0.3) is 0 Å². The van der Waals surface area contributed by atoms with Crippen LogP contribution in [0.15, 0.2) is 0 Å². The van der Waals surface area contributed by atoms with E-state index in [0.717, 1.165) is 19.4 Å². The maximum absolute atomic E-state index is 9.06. The van der Waals surface area contributed by atoms with Crippen LogP contribution in [0.4, 0.5) is 0 Å². The van der Waals surface area contributed by atoms with Crippen LogP contribution in [0.5, 0.6) is 0 Å². The number of piperidine rings is 1. The topological polar surface area (TPSA) is 32.7 Å². The van der Waals surface area contributed by atoms with E-state index in [9.17, 15) is 0 Å². The summed E-state index contributed by atoms with van der Waals surface area (Å²) in [4.78, 5) is 2.59. The van der Waals surface area contributed by atoms with Gasteiger partial charge in [-0.2, -0.15) is 0 Å². The maximum atomic E-state index is 9.06. The second kappa shape index (κ2) is 5.48. The predicted molar refractivity (Wildman–Crippen MR) is 64.5 cm³/mol. The van der Waals surface area contributed by atoms with Gasteiger partial charge >= 0.3 is 0 Å². The van der Waals surface area contributed by atoms with Crippen molar-refractivity contribution in [3.8, 4) is 0 Å². The summed E-state index contributed by atoms with van der Waals surface area (Å²) in [6, 6.07) is 1.39. The highest BCUT2D eigenvalue weighted by atomic mass is 16.5. The first-order chi connectivity index (χ1) is 7.70. The first kappa shape index (κ1) is 12.3. The molecule has 3 heteroatoms. The quantitative estimate of drug-likeness (QED) is 0.798. The van der Waals surface area contributed by atoms with Crippen LogP contribution < -0.4 is 0 Å². The van der Waals surface area contributed by atoms with Crippen LogP contribution in [0.2, 0.25) is 0 Å². The fourth-order valence-corrected chi connectivity index (χ4v) is 3.12. The van der Waals surface area contributed by atoms with Crippen molar-refractivity contribution in [2.24, 2.45) is 0 Å². The zero-order valence-corrected chi connectivity index (χ0v) is 10.6. The van der Waals surface area contributed by atoms with E-state index in [1.165, 1.54) is 19.3 Å². The van der Waals surface area contributed by atoms with Crippen molar-refractivity contribution in [1.29, 1.82) is 0 Å². The molecule has 0 radical (unpaired) electrons. The third-order valence-electron chi connectivity index (χ3n) is 4.19. The van der Waals surface area contributed by atoms with E-state index in [0.29, 0.717) is 18.2 Å². The van der Waals surface area contributed by atoms with Gasteiger partial charge in [-0.1, -0.05) is 6.42 Å². The van der Waals surface area contributed by atoms with Gasteiger partial charge in [-0.05, 0) is 39.5 Å². The van der Waals surface area contributed by atoms with Crippen LogP contribution in [-0.4, -0.2) is 47.4 Å². The minimum Gasteiger partial charge on any atom is -0.394 e. The third-order valence-corrected chi connectivity index (χ3v) is 4.19. The molecule has 2 rings (SSSR count). The highest BCUT2D eigenvalue weighted by Crippen LogP contribution is 2.26. The van der Waals surface area contributed by atoms with Crippen molar-refractivity contribution in [1.82, 2.24) is 4.90 Å². The van der Waals surface area contributed by atoms with Gasteiger partial charge in [0.1, 0.15) is 0 Å².